The van der Waals surface area contributed by atoms with E-state index in [4.69, 9.17) is 10.2 Å². The summed E-state index contributed by atoms with van der Waals surface area (Å²) in [5.41, 5.74) is 0. The predicted octanol–water partition coefficient (Wildman–Crippen LogP) is 0.826. The van der Waals surface area contributed by atoms with Crippen LogP contribution in [-0.2, 0) is 4.79 Å². The molecule has 0 heterocycles. The summed E-state index contributed by atoms with van der Waals surface area (Å²) in [7, 11) is 0. The van der Waals surface area contributed by atoms with Gasteiger partial charge in [0.25, 0.3) is 0 Å². The van der Waals surface area contributed by atoms with E-state index in [1.807, 2.05) is 6.92 Å². The lowest BCUT2D eigenvalue weighted by Crippen LogP contribution is -2.05. The van der Waals surface area contributed by atoms with Crippen LogP contribution in [0.3, 0.4) is 0 Å². The predicted molar refractivity (Wildman–Crippen MR) is 37.5 cm³/mol. The molecule has 0 saturated heterocycles. The number of carboxylic acids is 1. The van der Waals surface area contributed by atoms with E-state index in [9.17, 15) is 4.79 Å². The number of carbonyl (C=O) groups is 1. The highest BCUT2D eigenvalue weighted by molar-refractivity contribution is 5.67. The first-order chi connectivity index (χ1) is 4.66. The highest BCUT2D eigenvalue weighted by atomic mass is 16.4. The van der Waals surface area contributed by atoms with E-state index in [-0.39, 0.29) is 12.5 Å². The van der Waals surface area contributed by atoms with Gasteiger partial charge < -0.3 is 10.2 Å². The molecule has 0 bridgehead atoms. The third-order valence-corrected chi connectivity index (χ3v) is 1.23. The fourth-order valence-electron chi connectivity index (χ4n) is 0.566. The van der Waals surface area contributed by atoms with Gasteiger partial charge in [-0.2, -0.15) is 0 Å². The van der Waals surface area contributed by atoms with Gasteiger partial charge in [0.15, 0.2) is 0 Å². The fraction of sp³-hybridized carbons (Fsp3) is 0.714. The van der Waals surface area contributed by atoms with Crippen LogP contribution < -0.4 is 0 Å². The molecule has 0 saturated carbocycles. The zero-order chi connectivity index (χ0) is 7.98. The van der Waals surface area contributed by atoms with Gasteiger partial charge in [-0.05, 0) is 19.3 Å². The van der Waals surface area contributed by atoms with Crippen molar-refractivity contribution in [2.45, 2.75) is 32.3 Å². The summed E-state index contributed by atoms with van der Waals surface area (Å²) in [5.74, 6) is -0.844. The van der Waals surface area contributed by atoms with E-state index in [1.54, 1.807) is 6.42 Å². The van der Waals surface area contributed by atoms with Gasteiger partial charge >= 0.3 is 5.97 Å². The molecule has 10 heavy (non-hydrogen) atoms. The van der Waals surface area contributed by atoms with Crippen LogP contribution in [-0.4, -0.2) is 22.3 Å². The van der Waals surface area contributed by atoms with Crippen molar-refractivity contribution in [3.05, 3.63) is 6.42 Å². The molecule has 1 unspecified atom stereocenters. The Bertz CT molecular complexity index is 101. The van der Waals surface area contributed by atoms with Crippen molar-refractivity contribution < 1.29 is 15.0 Å². The van der Waals surface area contributed by atoms with Crippen LogP contribution in [0.4, 0.5) is 0 Å². The first-order valence-corrected chi connectivity index (χ1v) is 3.38. The minimum absolute atomic E-state index is 0.0387. The van der Waals surface area contributed by atoms with Gasteiger partial charge in [0.1, 0.15) is 0 Å². The second-order valence-corrected chi connectivity index (χ2v) is 2.18. The molecule has 3 nitrogen and oxygen atoms in total. The molecule has 0 amide bonds. The number of rotatable bonds is 5. The highest BCUT2D eigenvalue weighted by Gasteiger charge is 2.02. The first kappa shape index (κ1) is 9.43. The first-order valence-electron chi connectivity index (χ1n) is 3.38. The third kappa shape index (κ3) is 5.56. The largest absolute Gasteiger partial charge is 0.481 e. The second kappa shape index (κ2) is 5.23. The van der Waals surface area contributed by atoms with Crippen molar-refractivity contribution in [2.75, 3.05) is 0 Å². The Morgan fingerprint density at radius 2 is 2.30 bits per heavy atom. The van der Waals surface area contributed by atoms with Gasteiger partial charge in [0.2, 0.25) is 0 Å². The van der Waals surface area contributed by atoms with Crippen molar-refractivity contribution in [1.82, 2.24) is 0 Å². The van der Waals surface area contributed by atoms with Crippen molar-refractivity contribution in [2.24, 2.45) is 0 Å². The number of aliphatic hydroxyl groups excluding tert-OH is 1. The monoisotopic (exact) mass is 145 g/mol. The van der Waals surface area contributed by atoms with E-state index in [1.165, 1.54) is 0 Å². The Balaban J connectivity index is 3.11. The molecule has 0 aliphatic rings. The van der Waals surface area contributed by atoms with Crippen LogP contribution in [0, 0.1) is 6.42 Å². The number of hydrogen-bond donors (Lipinski definition) is 2. The summed E-state index contributed by atoms with van der Waals surface area (Å²) >= 11 is 0. The average Bonchev–Trinajstić information content (AvgIpc) is 1.87. The lowest BCUT2D eigenvalue weighted by molar-refractivity contribution is -0.136. The van der Waals surface area contributed by atoms with Crippen LogP contribution >= 0.6 is 0 Å². The maximum absolute atomic E-state index is 9.96. The van der Waals surface area contributed by atoms with Crippen molar-refractivity contribution in [3.8, 4) is 0 Å². The maximum Gasteiger partial charge on any atom is 0.303 e. The highest BCUT2D eigenvalue weighted by Crippen LogP contribution is 2.01. The molecule has 0 aromatic rings. The molecule has 0 fully saturated rings. The quantitative estimate of drug-likeness (QED) is 0.602. The lowest BCUT2D eigenvalue weighted by Gasteiger charge is -2.03. The molecule has 0 aliphatic carbocycles. The molecule has 0 aliphatic heterocycles. The van der Waals surface area contributed by atoms with Gasteiger partial charge in [0, 0.05) is 6.42 Å². The van der Waals surface area contributed by atoms with Gasteiger partial charge in [-0.1, -0.05) is 6.92 Å². The van der Waals surface area contributed by atoms with Gasteiger partial charge in [0.05, 0.1) is 6.10 Å². The second-order valence-electron chi connectivity index (χ2n) is 2.18. The zero-order valence-electron chi connectivity index (χ0n) is 6.08. The van der Waals surface area contributed by atoms with Gasteiger partial charge in [-0.25, -0.2) is 0 Å². The average molecular weight is 145 g/mol. The van der Waals surface area contributed by atoms with E-state index in [0.717, 1.165) is 0 Å². The van der Waals surface area contributed by atoms with E-state index < -0.39 is 5.97 Å². The third-order valence-electron chi connectivity index (χ3n) is 1.23. The van der Waals surface area contributed by atoms with Gasteiger partial charge in [-0.15, -0.1) is 0 Å². The Kier molecular flexibility index (Phi) is 4.94. The summed E-state index contributed by atoms with van der Waals surface area (Å²) in [6.07, 6.45) is 2.39. The van der Waals surface area contributed by atoms with Crippen LogP contribution in [0.15, 0.2) is 0 Å². The van der Waals surface area contributed by atoms with Crippen molar-refractivity contribution in [3.63, 3.8) is 0 Å². The molecular formula is C7H13O3. The number of aliphatic hydroxyl groups is 1. The van der Waals surface area contributed by atoms with Crippen LogP contribution in [0.2, 0.25) is 0 Å². The number of carboxylic acid groups (broad SMARTS) is 1. The van der Waals surface area contributed by atoms with E-state index in [2.05, 4.69) is 0 Å². The molecule has 59 valence electrons. The molecule has 0 rings (SSSR count). The smallest absolute Gasteiger partial charge is 0.303 e. The summed E-state index contributed by atoms with van der Waals surface area (Å²) in [6.45, 7) is 1.86. The fourth-order valence-corrected chi connectivity index (χ4v) is 0.566. The molecule has 2 N–H and O–H groups in total. The van der Waals surface area contributed by atoms with Gasteiger partial charge in [-0.3, -0.25) is 4.79 Å². The van der Waals surface area contributed by atoms with Crippen molar-refractivity contribution >= 4 is 5.97 Å². The van der Waals surface area contributed by atoms with Crippen LogP contribution in [0.25, 0.3) is 0 Å². The normalized spacial score (nSPS) is 13.0. The number of hydrogen-bond acceptors (Lipinski definition) is 2. The van der Waals surface area contributed by atoms with Crippen LogP contribution in [0.5, 0.6) is 0 Å². The minimum atomic E-state index is -0.844. The van der Waals surface area contributed by atoms with Crippen molar-refractivity contribution in [1.29, 1.82) is 0 Å². The molecule has 1 radical (unpaired) electrons. The maximum atomic E-state index is 9.96. The minimum Gasteiger partial charge on any atom is -0.481 e. The summed E-state index contributed by atoms with van der Waals surface area (Å²) < 4.78 is 0. The Morgan fingerprint density at radius 3 is 2.70 bits per heavy atom. The molecular weight excluding hydrogens is 132 g/mol. The van der Waals surface area contributed by atoms with E-state index >= 15 is 0 Å². The summed E-state index contributed by atoms with van der Waals surface area (Å²) in [4.78, 5) is 9.96. The Morgan fingerprint density at radius 1 is 1.70 bits per heavy atom. The Labute approximate surface area is 60.7 Å². The summed E-state index contributed by atoms with van der Waals surface area (Å²) in [6, 6.07) is 0. The molecule has 0 spiro atoms. The standard InChI is InChI=1S/C7H13O3/c1-2-6(8)4-3-5-7(9)10/h3,6,8H,2,4-5H2,1H3,(H,9,10). The lowest BCUT2D eigenvalue weighted by atomic mass is 10.1. The molecule has 1 atom stereocenters. The molecule has 3 heteroatoms. The topological polar surface area (TPSA) is 57.5 Å². The summed E-state index contributed by atoms with van der Waals surface area (Å²) in [5, 5.41) is 17.1. The SMILES string of the molecule is CCC(O)C[CH]CC(=O)O. The van der Waals surface area contributed by atoms with E-state index in [0.29, 0.717) is 12.8 Å². The molecule has 0 aromatic heterocycles. The molecule has 0 aromatic carbocycles. The Hall–Kier alpha value is -0.570. The zero-order valence-corrected chi connectivity index (χ0v) is 6.08. The number of aliphatic carboxylic acids is 1. The van der Waals surface area contributed by atoms with Crippen LogP contribution in [0.1, 0.15) is 26.2 Å².